The molecule has 1 aromatic heterocycles. The zero-order chi connectivity index (χ0) is 25.8. The van der Waals surface area contributed by atoms with Crippen molar-refractivity contribution in [2.24, 2.45) is 0 Å². The molecule has 0 amide bonds. The molecular weight excluding hydrogens is 488 g/mol. The Morgan fingerprint density at radius 1 is 1.26 bits per heavy atom. The molecule has 192 valence electrons. The quantitative estimate of drug-likeness (QED) is 0.311. The van der Waals surface area contributed by atoms with Crippen LogP contribution in [0.15, 0.2) is 52.2 Å². The molecule has 0 radical (unpaired) electrons. The number of aromatic amines is 1. The molecule has 6 atom stereocenters. The van der Waals surface area contributed by atoms with Crippen LogP contribution in [0.3, 0.4) is 0 Å². The number of halogens is 1. The first-order valence-corrected chi connectivity index (χ1v) is 12.3. The SMILES string of the molecule is CC(C)OC(=O)[C@H](C)N[P@](=O)(OC[C@H]1O[C@@H](n2ccc(=O)[nH]c2=O)[C@H](F)[C@@H]1O)Oc1ccccc1. The van der Waals surface area contributed by atoms with Crippen LogP contribution in [0.5, 0.6) is 5.75 Å². The lowest BCUT2D eigenvalue weighted by Gasteiger charge is -2.25. The van der Waals surface area contributed by atoms with Crippen LogP contribution in [-0.4, -0.2) is 57.8 Å². The van der Waals surface area contributed by atoms with Crippen molar-refractivity contribution in [3.63, 3.8) is 0 Å². The molecule has 1 aliphatic rings. The van der Waals surface area contributed by atoms with Crippen molar-refractivity contribution in [2.45, 2.75) is 57.5 Å². The Morgan fingerprint density at radius 3 is 2.57 bits per heavy atom. The van der Waals surface area contributed by atoms with Gasteiger partial charge in [0.2, 0.25) is 0 Å². The van der Waals surface area contributed by atoms with Crippen LogP contribution < -0.4 is 20.9 Å². The topological polar surface area (TPSA) is 158 Å². The summed E-state index contributed by atoms with van der Waals surface area (Å²) >= 11 is 0. The second-order valence-electron chi connectivity index (χ2n) is 8.05. The summed E-state index contributed by atoms with van der Waals surface area (Å²) in [5.74, 6) is -0.555. The Morgan fingerprint density at radius 2 is 1.94 bits per heavy atom. The van der Waals surface area contributed by atoms with Crippen molar-refractivity contribution in [3.8, 4) is 5.75 Å². The van der Waals surface area contributed by atoms with E-state index in [-0.39, 0.29) is 5.75 Å². The first-order valence-electron chi connectivity index (χ1n) is 10.8. The number of benzene rings is 1. The van der Waals surface area contributed by atoms with Crippen LogP contribution in [0, 0.1) is 0 Å². The Labute approximate surface area is 199 Å². The maximum absolute atomic E-state index is 14.7. The fraction of sp³-hybridized carbons (Fsp3) is 0.476. The Bertz CT molecular complexity index is 1170. The number of aliphatic hydroxyl groups excluding tert-OH is 1. The molecule has 0 unspecified atom stereocenters. The normalized spacial score (nSPS) is 24.6. The molecule has 35 heavy (non-hydrogen) atoms. The Balaban J connectivity index is 1.75. The molecule has 0 bridgehead atoms. The van der Waals surface area contributed by atoms with E-state index in [1.165, 1.54) is 19.1 Å². The molecule has 1 aliphatic heterocycles. The monoisotopic (exact) mass is 515 g/mol. The molecule has 1 saturated heterocycles. The number of para-hydroxylation sites is 1. The van der Waals surface area contributed by atoms with Gasteiger partial charge >= 0.3 is 19.4 Å². The third-order valence-corrected chi connectivity index (χ3v) is 6.50. The van der Waals surface area contributed by atoms with Crippen LogP contribution >= 0.6 is 7.75 Å². The molecular formula is C21H27FN3O9P. The van der Waals surface area contributed by atoms with E-state index in [2.05, 4.69) is 5.09 Å². The van der Waals surface area contributed by atoms with Gasteiger partial charge in [-0.3, -0.25) is 23.7 Å². The van der Waals surface area contributed by atoms with Crippen LogP contribution in [0.2, 0.25) is 0 Å². The van der Waals surface area contributed by atoms with Crippen LogP contribution in [-0.2, 0) is 23.4 Å². The third kappa shape index (κ3) is 6.86. The highest BCUT2D eigenvalue weighted by atomic mass is 31.2. The molecule has 0 aliphatic carbocycles. The molecule has 1 aromatic carbocycles. The molecule has 3 rings (SSSR count). The average Bonchev–Trinajstić information content (AvgIpc) is 3.06. The summed E-state index contributed by atoms with van der Waals surface area (Å²) in [5.41, 5.74) is -1.62. The molecule has 0 saturated carbocycles. The first-order chi connectivity index (χ1) is 16.5. The van der Waals surface area contributed by atoms with Crippen molar-refractivity contribution in [1.29, 1.82) is 0 Å². The second kappa shape index (κ2) is 11.3. The summed E-state index contributed by atoms with van der Waals surface area (Å²) in [4.78, 5) is 37.4. The number of nitrogens with one attached hydrogen (secondary N) is 2. The number of ether oxygens (including phenoxy) is 2. The number of hydrogen-bond donors (Lipinski definition) is 3. The van der Waals surface area contributed by atoms with Gasteiger partial charge in [0.25, 0.3) is 5.56 Å². The van der Waals surface area contributed by atoms with Crippen molar-refractivity contribution < 1.29 is 37.4 Å². The van der Waals surface area contributed by atoms with Gasteiger partial charge in [0.1, 0.15) is 24.0 Å². The minimum absolute atomic E-state index is 0.154. The minimum atomic E-state index is -4.28. The average molecular weight is 515 g/mol. The number of hydrogen-bond acceptors (Lipinski definition) is 9. The van der Waals surface area contributed by atoms with E-state index < -0.39 is 68.3 Å². The molecule has 3 N–H and O–H groups in total. The van der Waals surface area contributed by atoms with Crippen molar-refractivity contribution >= 4 is 13.7 Å². The molecule has 2 aromatic rings. The van der Waals surface area contributed by atoms with Gasteiger partial charge in [-0.2, -0.15) is 5.09 Å². The van der Waals surface area contributed by atoms with Crippen LogP contribution in [0.1, 0.15) is 27.0 Å². The van der Waals surface area contributed by atoms with Crippen molar-refractivity contribution in [1.82, 2.24) is 14.6 Å². The number of aliphatic hydroxyl groups is 1. The van der Waals surface area contributed by atoms with E-state index in [0.29, 0.717) is 0 Å². The highest BCUT2D eigenvalue weighted by Gasteiger charge is 2.47. The fourth-order valence-corrected chi connectivity index (χ4v) is 4.70. The second-order valence-corrected chi connectivity index (χ2v) is 9.75. The predicted molar refractivity (Wildman–Crippen MR) is 121 cm³/mol. The summed E-state index contributed by atoms with van der Waals surface area (Å²) in [5, 5.41) is 12.8. The highest BCUT2D eigenvalue weighted by molar-refractivity contribution is 7.52. The van der Waals surface area contributed by atoms with E-state index in [9.17, 15) is 28.4 Å². The lowest BCUT2D eigenvalue weighted by molar-refractivity contribution is -0.149. The number of H-pyrrole nitrogens is 1. The van der Waals surface area contributed by atoms with Gasteiger partial charge in [-0.1, -0.05) is 18.2 Å². The van der Waals surface area contributed by atoms with Gasteiger partial charge in [-0.25, -0.2) is 13.8 Å². The van der Waals surface area contributed by atoms with Crippen molar-refractivity contribution in [2.75, 3.05) is 6.61 Å². The third-order valence-electron chi connectivity index (χ3n) is 4.85. The van der Waals surface area contributed by atoms with Gasteiger partial charge in [-0.05, 0) is 32.9 Å². The number of rotatable bonds is 10. The van der Waals surface area contributed by atoms with Gasteiger partial charge in [0, 0.05) is 12.3 Å². The lowest BCUT2D eigenvalue weighted by Crippen LogP contribution is -2.37. The number of carbonyl (C=O) groups is 1. The zero-order valence-corrected chi connectivity index (χ0v) is 20.1. The lowest BCUT2D eigenvalue weighted by atomic mass is 10.1. The van der Waals surface area contributed by atoms with E-state index in [4.69, 9.17) is 18.5 Å². The van der Waals surface area contributed by atoms with E-state index in [1.54, 1.807) is 32.0 Å². The zero-order valence-electron chi connectivity index (χ0n) is 19.2. The highest BCUT2D eigenvalue weighted by Crippen LogP contribution is 2.46. The predicted octanol–water partition coefficient (Wildman–Crippen LogP) is 1.27. The molecule has 2 heterocycles. The van der Waals surface area contributed by atoms with Crippen LogP contribution in [0.4, 0.5) is 4.39 Å². The van der Waals surface area contributed by atoms with Gasteiger partial charge < -0.3 is 19.1 Å². The first kappa shape index (κ1) is 26.8. The maximum Gasteiger partial charge on any atom is 0.459 e. The largest absolute Gasteiger partial charge is 0.462 e. The number of esters is 1. The molecule has 12 nitrogen and oxygen atoms in total. The summed E-state index contributed by atoms with van der Waals surface area (Å²) in [6, 6.07) is 7.86. The van der Waals surface area contributed by atoms with E-state index in [0.717, 1.165) is 16.8 Å². The maximum atomic E-state index is 14.7. The number of carbonyl (C=O) groups excluding carboxylic acids is 1. The molecule has 0 spiro atoms. The molecule has 1 fully saturated rings. The number of alkyl halides is 1. The van der Waals surface area contributed by atoms with Crippen molar-refractivity contribution in [3.05, 3.63) is 63.4 Å². The summed E-state index contributed by atoms with van der Waals surface area (Å²) in [6.45, 7) is 4.07. The summed E-state index contributed by atoms with van der Waals surface area (Å²) in [6.07, 6.45) is -6.13. The van der Waals surface area contributed by atoms with E-state index in [1.807, 2.05) is 4.98 Å². The van der Waals surface area contributed by atoms with Gasteiger partial charge in [-0.15, -0.1) is 0 Å². The number of aromatic nitrogens is 2. The minimum Gasteiger partial charge on any atom is -0.462 e. The van der Waals surface area contributed by atoms with Crippen LogP contribution in [0.25, 0.3) is 0 Å². The van der Waals surface area contributed by atoms with Gasteiger partial charge in [0.05, 0.1) is 12.7 Å². The summed E-state index contributed by atoms with van der Waals surface area (Å²) < 4.78 is 50.4. The Hall–Kier alpha value is -2.83. The van der Waals surface area contributed by atoms with E-state index >= 15 is 0 Å². The fourth-order valence-electron chi connectivity index (χ4n) is 3.20. The summed E-state index contributed by atoms with van der Waals surface area (Å²) in [7, 11) is -4.28. The standard InChI is InChI=1S/C21H27FN3O9P/c1-12(2)32-20(28)13(3)24-35(30,34-14-7-5-4-6-8-14)31-11-15-18(27)17(22)19(33-15)25-10-9-16(26)23-21(25)29/h4-10,12-13,15,17-19,27H,11H2,1-3H3,(H,24,30)(H,23,26,29)/t13-,15+,17+,18+,19+,35-/m0/s1. The smallest absolute Gasteiger partial charge is 0.459 e. The Kier molecular flexibility index (Phi) is 8.62. The molecule has 14 heteroatoms. The number of nitrogens with zero attached hydrogens (tertiary/aromatic N) is 1. The van der Waals surface area contributed by atoms with Gasteiger partial charge in [0.15, 0.2) is 12.4 Å².